The molecular weight excluding hydrogens is 252 g/mol. The number of carbonyl (C=O) groups excluding carboxylic acids is 1. The van der Waals surface area contributed by atoms with Crippen LogP contribution in [0.1, 0.15) is 51.9 Å². The van der Waals surface area contributed by atoms with Gasteiger partial charge in [-0.3, -0.25) is 4.79 Å². The fourth-order valence-electron chi connectivity index (χ4n) is 3.39. The lowest BCUT2D eigenvalue weighted by Crippen LogP contribution is -2.46. The van der Waals surface area contributed by atoms with Gasteiger partial charge in [0, 0.05) is 32.2 Å². The first-order valence-corrected chi connectivity index (χ1v) is 8.26. The van der Waals surface area contributed by atoms with Gasteiger partial charge in [-0.2, -0.15) is 0 Å². The van der Waals surface area contributed by atoms with E-state index in [0.29, 0.717) is 18.4 Å². The van der Waals surface area contributed by atoms with Crippen molar-refractivity contribution in [3.63, 3.8) is 0 Å². The standard InChI is InChI=1S/C16H30N2O2/c1-13-5-7-14(8-6-13)18(16(19)9-10-17-2)12-15-4-3-11-20-15/h13-15,17H,3-12H2,1-2H3. The van der Waals surface area contributed by atoms with Crippen LogP contribution in [0.2, 0.25) is 0 Å². The van der Waals surface area contributed by atoms with E-state index in [2.05, 4.69) is 17.1 Å². The normalized spacial score (nSPS) is 30.4. The number of nitrogens with one attached hydrogen (secondary N) is 1. The minimum atomic E-state index is 0.271. The van der Waals surface area contributed by atoms with Crippen molar-refractivity contribution in [3.8, 4) is 0 Å². The molecule has 1 heterocycles. The highest BCUT2D eigenvalue weighted by atomic mass is 16.5. The molecule has 1 saturated carbocycles. The van der Waals surface area contributed by atoms with Gasteiger partial charge in [0.1, 0.15) is 0 Å². The predicted octanol–water partition coefficient (Wildman–Crippen LogP) is 2.18. The zero-order valence-electron chi connectivity index (χ0n) is 13.1. The molecule has 2 rings (SSSR count). The number of carbonyl (C=O) groups is 1. The summed E-state index contributed by atoms with van der Waals surface area (Å²) in [5.41, 5.74) is 0. The van der Waals surface area contributed by atoms with Gasteiger partial charge in [0.25, 0.3) is 0 Å². The van der Waals surface area contributed by atoms with E-state index >= 15 is 0 Å². The summed E-state index contributed by atoms with van der Waals surface area (Å²) in [5, 5.41) is 3.08. The third-order valence-electron chi connectivity index (χ3n) is 4.76. The molecule has 1 N–H and O–H groups in total. The Morgan fingerprint density at radius 1 is 1.25 bits per heavy atom. The number of ether oxygens (including phenoxy) is 1. The summed E-state index contributed by atoms with van der Waals surface area (Å²) in [6.07, 6.45) is 7.98. The highest BCUT2D eigenvalue weighted by Gasteiger charge is 2.30. The second kappa shape index (κ2) is 7.99. The van der Waals surface area contributed by atoms with E-state index in [1.165, 1.54) is 25.7 Å². The number of rotatable bonds is 6. The molecule has 116 valence electrons. The Labute approximate surface area is 123 Å². The van der Waals surface area contributed by atoms with Crippen molar-refractivity contribution in [2.24, 2.45) is 5.92 Å². The van der Waals surface area contributed by atoms with Crippen LogP contribution in [0.25, 0.3) is 0 Å². The van der Waals surface area contributed by atoms with Crippen molar-refractivity contribution >= 4 is 5.91 Å². The zero-order valence-corrected chi connectivity index (χ0v) is 13.1. The van der Waals surface area contributed by atoms with Crippen LogP contribution >= 0.6 is 0 Å². The van der Waals surface area contributed by atoms with Crippen molar-refractivity contribution in [1.82, 2.24) is 10.2 Å². The first-order valence-electron chi connectivity index (χ1n) is 8.26. The maximum absolute atomic E-state index is 12.5. The number of hydrogen-bond acceptors (Lipinski definition) is 3. The molecule has 4 heteroatoms. The Kier molecular flexibility index (Phi) is 6.30. The third-order valence-corrected chi connectivity index (χ3v) is 4.76. The van der Waals surface area contributed by atoms with Gasteiger partial charge in [0.2, 0.25) is 5.91 Å². The first-order chi connectivity index (χ1) is 9.70. The smallest absolute Gasteiger partial charge is 0.224 e. The van der Waals surface area contributed by atoms with Crippen molar-refractivity contribution in [3.05, 3.63) is 0 Å². The average molecular weight is 282 g/mol. The Hall–Kier alpha value is -0.610. The van der Waals surface area contributed by atoms with Gasteiger partial charge in [-0.25, -0.2) is 0 Å². The lowest BCUT2D eigenvalue weighted by molar-refractivity contribution is -0.136. The van der Waals surface area contributed by atoms with Crippen LogP contribution in [-0.2, 0) is 9.53 Å². The highest BCUT2D eigenvalue weighted by molar-refractivity contribution is 5.76. The summed E-state index contributed by atoms with van der Waals surface area (Å²) >= 11 is 0. The molecule has 4 nitrogen and oxygen atoms in total. The fourth-order valence-corrected chi connectivity index (χ4v) is 3.39. The molecule has 2 aliphatic rings. The van der Waals surface area contributed by atoms with Crippen LogP contribution in [0.5, 0.6) is 0 Å². The van der Waals surface area contributed by atoms with Crippen LogP contribution < -0.4 is 5.32 Å². The van der Waals surface area contributed by atoms with Gasteiger partial charge in [-0.1, -0.05) is 6.92 Å². The molecule has 1 aliphatic carbocycles. The molecule has 1 atom stereocenters. The maximum atomic E-state index is 12.5. The minimum Gasteiger partial charge on any atom is -0.376 e. The SMILES string of the molecule is CNCCC(=O)N(CC1CCCO1)C1CCC(C)CC1. The van der Waals surface area contributed by atoms with Crippen LogP contribution in [0, 0.1) is 5.92 Å². The molecule has 0 aromatic heterocycles. The number of nitrogens with zero attached hydrogens (tertiary/aromatic N) is 1. The zero-order chi connectivity index (χ0) is 14.4. The third kappa shape index (κ3) is 4.45. The van der Waals surface area contributed by atoms with Gasteiger partial charge >= 0.3 is 0 Å². The van der Waals surface area contributed by atoms with Crippen LogP contribution in [0.15, 0.2) is 0 Å². The van der Waals surface area contributed by atoms with Gasteiger partial charge in [-0.15, -0.1) is 0 Å². The fraction of sp³-hybridized carbons (Fsp3) is 0.938. The molecule has 0 spiro atoms. The van der Waals surface area contributed by atoms with Gasteiger partial charge in [0.15, 0.2) is 0 Å². The van der Waals surface area contributed by atoms with Gasteiger partial charge < -0.3 is 15.0 Å². The Morgan fingerprint density at radius 3 is 2.60 bits per heavy atom. The summed E-state index contributed by atoms with van der Waals surface area (Å²) in [6, 6.07) is 0.444. The van der Waals surface area contributed by atoms with Crippen LogP contribution in [0.4, 0.5) is 0 Å². The molecule has 1 unspecified atom stereocenters. The summed E-state index contributed by atoms with van der Waals surface area (Å²) in [5.74, 6) is 1.12. The van der Waals surface area contributed by atoms with E-state index in [-0.39, 0.29) is 6.10 Å². The Bertz CT molecular complexity index is 295. The van der Waals surface area contributed by atoms with Crippen molar-refractivity contribution in [2.75, 3.05) is 26.7 Å². The van der Waals surface area contributed by atoms with Crippen molar-refractivity contribution < 1.29 is 9.53 Å². The predicted molar refractivity (Wildman–Crippen MR) is 80.7 cm³/mol. The number of hydrogen-bond donors (Lipinski definition) is 1. The van der Waals surface area contributed by atoms with Gasteiger partial charge in [0.05, 0.1) is 6.10 Å². The molecule has 1 saturated heterocycles. The Balaban J connectivity index is 1.92. The summed E-state index contributed by atoms with van der Waals surface area (Å²) in [6.45, 7) is 4.76. The molecule has 0 aromatic rings. The Morgan fingerprint density at radius 2 is 2.00 bits per heavy atom. The van der Waals surface area contributed by atoms with Crippen LogP contribution in [0.3, 0.4) is 0 Å². The van der Waals surface area contributed by atoms with E-state index < -0.39 is 0 Å². The van der Waals surface area contributed by atoms with Crippen LogP contribution in [-0.4, -0.2) is 49.7 Å². The molecule has 0 bridgehead atoms. The lowest BCUT2D eigenvalue weighted by Gasteiger charge is -2.37. The van der Waals surface area contributed by atoms with Crippen molar-refractivity contribution in [1.29, 1.82) is 0 Å². The van der Waals surface area contributed by atoms with E-state index in [0.717, 1.165) is 38.5 Å². The molecule has 0 aromatic carbocycles. The molecular formula is C16H30N2O2. The second-order valence-electron chi connectivity index (χ2n) is 6.45. The summed E-state index contributed by atoms with van der Waals surface area (Å²) < 4.78 is 5.74. The van der Waals surface area contributed by atoms with E-state index in [1.54, 1.807) is 0 Å². The second-order valence-corrected chi connectivity index (χ2v) is 6.45. The molecule has 0 radical (unpaired) electrons. The van der Waals surface area contributed by atoms with E-state index in [9.17, 15) is 4.79 Å². The molecule has 2 fully saturated rings. The minimum absolute atomic E-state index is 0.271. The van der Waals surface area contributed by atoms with Crippen molar-refractivity contribution in [2.45, 2.75) is 64.0 Å². The van der Waals surface area contributed by atoms with Gasteiger partial charge in [-0.05, 0) is 51.5 Å². The van der Waals surface area contributed by atoms with E-state index in [4.69, 9.17) is 4.74 Å². The maximum Gasteiger partial charge on any atom is 0.224 e. The summed E-state index contributed by atoms with van der Waals surface area (Å²) in [7, 11) is 1.90. The molecule has 1 aliphatic heterocycles. The van der Waals surface area contributed by atoms with E-state index in [1.807, 2.05) is 7.05 Å². The summed E-state index contributed by atoms with van der Waals surface area (Å²) in [4.78, 5) is 14.6. The molecule has 1 amide bonds. The first kappa shape index (κ1) is 15.8. The highest BCUT2D eigenvalue weighted by Crippen LogP contribution is 2.28. The monoisotopic (exact) mass is 282 g/mol. The largest absolute Gasteiger partial charge is 0.376 e. The molecule has 20 heavy (non-hydrogen) atoms. The lowest BCUT2D eigenvalue weighted by atomic mass is 9.86. The average Bonchev–Trinajstić information content (AvgIpc) is 2.96. The number of amides is 1. The topological polar surface area (TPSA) is 41.6 Å². The quantitative estimate of drug-likeness (QED) is 0.812.